The fraction of sp³-hybridized carbons (Fsp3) is 0.333. The molecule has 0 amide bonds. The summed E-state index contributed by atoms with van der Waals surface area (Å²) in [5.74, 6) is -0.375. The Balaban J connectivity index is 2.64. The van der Waals surface area contributed by atoms with Crippen LogP contribution in [0.3, 0.4) is 0 Å². The number of benzene rings is 1. The minimum Gasteiger partial charge on any atom is -0.291 e. The molecule has 0 aliphatic carbocycles. The minimum absolute atomic E-state index is 0.220. The quantitative estimate of drug-likeness (QED) is 0.597. The lowest BCUT2D eigenvalue weighted by molar-refractivity contribution is -0.136. The molecular weight excluding hydrogens is 291 g/mol. The van der Waals surface area contributed by atoms with Gasteiger partial charge >= 0.3 is 0 Å². The van der Waals surface area contributed by atoms with Gasteiger partial charge in [0.25, 0.3) is 0 Å². The lowest BCUT2D eigenvalue weighted by atomic mass is 10.0. The van der Waals surface area contributed by atoms with Crippen LogP contribution in [0, 0.1) is 0 Å². The summed E-state index contributed by atoms with van der Waals surface area (Å²) < 4.78 is 0. The number of rotatable bonds is 6. The third-order valence-electron chi connectivity index (χ3n) is 2.13. The van der Waals surface area contributed by atoms with Gasteiger partial charge in [0.1, 0.15) is 4.83 Å². The number of hydrogen-bond donors (Lipinski definition) is 0. The van der Waals surface area contributed by atoms with Gasteiger partial charge in [0, 0.05) is 12.3 Å². The molecule has 1 aromatic carbocycles. The van der Waals surface area contributed by atoms with Crippen LogP contribution < -0.4 is 0 Å². The van der Waals surface area contributed by atoms with Crippen molar-refractivity contribution in [3.8, 4) is 0 Å². The van der Waals surface area contributed by atoms with Gasteiger partial charge < -0.3 is 0 Å². The van der Waals surface area contributed by atoms with Gasteiger partial charge in [-0.25, -0.2) is 0 Å². The molecule has 1 aromatic rings. The van der Waals surface area contributed by atoms with Crippen LogP contribution in [0.4, 0.5) is 0 Å². The SMILES string of the molecule is O=C(CCCCl)C(=O)C(Br)c1ccccc1. The second-order valence-corrected chi connectivity index (χ2v) is 4.65. The molecule has 0 heterocycles. The number of hydrogen-bond acceptors (Lipinski definition) is 2. The average molecular weight is 304 g/mol. The van der Waals surface area contributed by atoms with Crippen molar-refractivity contribution in [2.75, 3.05) is 5.88 Å². The number of halogens is 2. The van der Waals surface area contributed by atoms with Gasteiger partial charge in [-0.2, -0.15) is 0 Å². The molecule has 0 aromatic heterocycles. The van der Waals surface area contributed by atoms with Gasteiger partial charge in [-0.05, 0) is 12.0 Å². The summed E-state index contributed by atoms with van der Waals surface area (Å²) in [4.78, 5) is 22.6. The maximum atomic E-state index is 11.7. The second kappa shape index (κ2) is 6.81. The van der Waals surface area contributed by atoms with Crippen LogP contribution in [0.2, 0.25) is 0 Å². The number of carbonyl (C=O) groups excluding carboxylic acids is 2. The van der Waals surface area contributed by atoms with Crippen LogP contribution in [0.5, 0.6) is 0 Å². The van der Waals surface area contributed by atoms with E-state index in [-0.39, 0.29) is 12.2 Å². The molecule has 0 aliphatic rings. The van der Waals surface area contributed by atoms with E-state index < -0.39 is 10.6 Å². The van der Waals surface area contributed by atoms with E-state index in [1.54, 1.807) is 0 Å². The molecule has 0 bridgehead atoms. The Kier molecular flexibility index (Phi) is 5.71. The summed E-state index contributed by atoms with van der Waals surface area (Å²) >= 11 is 8.71. The second-order valence-electron chi connectivity index (χ2n) is 3.35. The highest BCUT2D eigenvalue weighted by Crippen LogP contribution is 2.24. The predicted octanol–water partition coefficient (Wildman–Crippen LogP) is 3.28. The Morgan fingerprint density at radius 2 is 1.88 bits per heavy atom. The number of Topliss-reactive ketones (excluding diaryl/α,β-unsaturated/α-hetero) is 2. The Hall–Kier alpha value is -0.670. The molecular formula is C12H12BrClO2. The molecule has 0 spiro atoms. The molecule has 1 atom stereocenters. The normalized spacial score (nSPS) is 12.1. The third-order valence-corrected chi connectivity index (χ3v) is 3.35. The van der Waals surface area contributed by atoms with Gasteiger partial charge in [0.05, 0.1) is 0 Å². The van der Waals surface area contributed by atoms with Gasteiger partial charge in [0.15, 0.2) is 5.78 Å². The Labute approximate surface area is 108 Å². The summed E-state index contributed by atoms with van der Waals surface area (Å²) in [7, 11) is 0. The highest BCUT2D eigenvalue weighted by molar-refractivity contribution is 9.09. The van der Waals surface area contributed by atoms with Gasteiger partial charge in [0.2, 0.25) is 5.78 Å². The molecule has 0 radical (unpaired) electrons. The van der Waals surface area contributed by atoms with Gasteiger partial charge in [-0.15, -0.1) is 11.6 Å². The van der Waals surface area contributed by atoms with E-state index in [1.807, 2.05) is 30.3 Å². The van der Waals surface area contributed by atoms with Crippen LogP contribution >= 0.6 is 27.5 Å². The highest BCUT2D eigenvalue weighted by atomic mass is 79.9. The molecule has 16 heavy (non-hydrogen) atoms. The monoisotopic (exact) mass is 302 g/mol. The molecule has 1 rings (SSSR count). The standard InChI is InChI=1S/C12H12BrClO2/c13-11(9-5-2-1-3-6-9)12(16)10(15)7-4-8-14/h1-3,5-6,11H,4,7-8H2. The topological polar surface area (TPSA) is 34.1 Å². The van der Waals surface area contributed by atoms with Crippen LogP contribution in [0.15, 0.2) is 30.3 Å². The number of carbonyl (C=O) groups is 2. The number of alkyl halides is 2. The fourth-order valence-electron chi connectivity index (χ4n) is 1.27. The Bertz CT molecular complexity index is 365. The minimum atomic E-state index is -0.545. The molecule has 4 heteroatoms. The lowest BCUT2D eigenvalue weighted by Crippen LogP contribution is -2.18. The zero-order valence-corrected chi connectivity index (χ0v) is 11.0. The van der Waals surface area contributed by atoms with E-state index in [0.29, 0.717) is 12.3 Å². The van der Waals surface area contributed by atoms with Gasteiger partial charge in [-0.1, -0.05) is 46.3 Å². The Morgan fingerprint density at radius 3 is 2.44 bits per heavy atom. The summed E-state index contributed by atoms with van der Waals surface area (Å²) in [6.07, 6.45) is 0.762. The van der Waals surface area contributed by atoms with Crippen molar-refractivity contribution in [1.29, 1.82) is 0 Å². The maximum absolute atomic E-state index is 11.7. The molecule has 0 fully saturated rings. The molecule has 1 unspecified atom stereocenters. The largest absolute Gasteiger partial charge is 0.291 e. The predicted molar refractivity (Wildman–Crippen MR) is 68.1 cm³/mol. The van der Waals surface area contributed by atoms with Crippen molar-refractivity contribution in [1.82, 2.24) is 0 Å². The molecule has 0 aliphatic heterocycles. The van der Waals surface area contributed by atoms with Crippen molar-refractivity contribution < 1.29 is 9.59 Å². The first-order chi connectivity index (χ1) is 7.66. The summed E-state index contributed by atoms with van der Waals surface area (Å²) in [6, 6.07) is 9.15. The van der Waals surface area contributed by atoms with E-state index >= 15 is 0 Å². The van der Waals surface area contributed by atoms with E-state index in [9.17, 15) is 9.59 Å². The summed E-state index contributed by atoms with van der Waals surface area (Å²) in [6.45, 7) is 0. The Morgan fingerprint density at radius 1 is 1.25 bits per heavy atom. The molecule has 0 N–H and O–H groups in total. The van der Waals surface area contributed by atoms with Crippen LogP contribution in [-0.2, 0) is 9.59 Å². The van der Waals surface area contributed by atoms with E-state index in [0.717, 1.165) is 5.56 Å². The average Bonchev–Trinajstić information content (AvgIpc) is 2.35. The van der Waals surface area contributed by atoms with Crippen molar-refractivity contribution in [2.24, 2.45) is 0 Å². The maximum Gasteiger partial charge on any atom is 0.216 e. The van der Waals surface area contributed by atoms with E-state index in [2.05, 4.69) is 15.9 Å². The van der Waals surface area contributed by atoms with E-state index in [4.69, 9.17) is 11.6 Å². The molecule has 0 saturated heterocycles. The zero-order valence-electron chi connectivity index (χ0n) is 8.66. The zero-order chi connectivity index (χ0) is 12.0. The smallest absolute Gasteiger partial charge is 0.216 e. The lowest BCUT2D eigenvalue weighted by Gasteiger charge is -2.07. The first-order valence-electron chi connectivity index (χ1n) is 4.99. The summed E-state index contributed by atoms with van der Waals surface area (Å²) in [5.41, 5.74) is 0.798. The first kappa shape index (κ1) is 13.4. The number of ketones is 2. The van der Waals surface area contributed by atoms with Crippen LogP contribution in [0.25, 0.3) is 0 Å². The van der Waals surface area contributed by atoms with Crippen LogP contribution in [0.1, 0.15) is 23.2 Å². The first-order valence-corrected chi connectivity index (χ1v) is 6.44. The van der Waals surface area contributed by atoms with E-state index in [1.165, 1.54) is 0 Å². The van der Waals surface area contributed by atoms with Crippen molar-refractivity contribution in [2.45, 2.75) is 17.7 Å². The molecule has 2 nitrogen and oxygen atoms in total. The molecule has 86 valence electrons. The van der Waals surface area contributed by atoms with Crippen molar-refractivity contribution in [3.63, 3.8) is 0 Å². The third kappa shape index (κ3) is 3.72. The van der Waals surface area contributed by atoms with Gasteiger partial charge in [-0.3, -0.25) is 9.59 Å². The summed E-state index contributed by atoms with van der Waals surface area (Å²) in [5, 5.41) is 0. The van der Waals surface area contributed by atoms with Crippen molar-refractivity contribution >= 4 is 39.1 Å². The molecule has 0 saturated carbocycles. The highest BCUT2D eigenvalue weighted by Gasteiger charge is 2.23. The van der Waals surface area contributed by atoms with Crippen molar-refractivity contribution in [3.05, 3.63) is 35.9 Å². The fourth-order valence-corrected chi connectivity index (χ4v) is 1.96. The van der Waals surface area contributed by atoms with Crippen LogP contribution in [-0.4, -0.2) is 17.4 Å².